The molecule has 0 aliphatic carbocycles. The summed E-state index contributed by atoms with van der Waals surface area (Å²) in [5.74, 6) is 1.14. The first kappa shape index (κ1) is 16.5. The van der Waals surface area contributed by atoms with Gasteiger partial charge in [-0.05, 0) is 18.6 Å². The van der Waals surface area contributed by atoms with Gasteiger partial charge in [-0.25, -0.2) is 4.98 Å². The maximum atomic E-state index is 11.8. The average Bonchev–Trinajstić information content (AvgIpc) is 2.93. The summed E-state index contributed by atoms with van der Waals surface area (Å²) in [4.78, 5) is 15.8. The van der Waals surface area contributed by atoms with Gasteiger partial charge in [0.05, 0.1) is 11.4 Å². The van der Waals surface area contributed by atoms with Crippen LogP contribution >= 0.6 is 46.5 Å². The van der Waals surface area contributed by atoms with E-state index in [0.29, 0.717) is 5.69 Å². The minimum Gasteiger partial charge on any atom is -0.323 e. The molecule has 21 heavy (non-hydrogen) atoms. The Balaban J connectivity index is 1.81. The van der Waals surface area contributed by atoms with E-state index in [2.05, 4.69) is 27.4 Å². The van der Waals surface area contributed by atoms with Crippen molar-refractivity contribution in [3.8, 4) is 0 Å². The highest BCUT2D eigenvalue weighted by atomic mass is 35.5. The maximum absolute atomic E-state index is 11.8. The number of hydrogen-bond donors (Lipinski definition) is 1. The largest absolute Gasteiger partial charge is 0.323 e. The van der Waals surface area contributed by atoms with Gasteiger partial charge in [-0.15, -0.1) is 10.2 Å². The molecule has 5 nitrogen and oxygen atoms in total. The van der Waals surface area contributed by atoms with E-state index in [9.17, 15) is 4.79 Å². The van der Waals surface area contributed by atoms with Crippen LogP contribution in [-0.2, 0) is 4.79 Å². The quantitative estimate of drug-likeness (QED) is 0.598. The molecule has 0 fully saturated rings. The van der Waals surface area contributed by atoms with Crippen LogP contribution in [0.3, 0.4) is 0 Å². The molecule has 0 saturated carbocycles. The van der Waals surface area contributed by atoms with E-state index in [1.54, 1.807) is 30.1 Å². The lowest BCUT2D eigenvalue weighted by molar-refractivity contribution is -0.113. The fourth-order valence-electron chi connectivity index (χ4n) is 1.30. The predicted octanol–water partition coefficient (Wildman–Crippen LogP) is 3.82. The molecule has 2 heterocycles. The summed E-state index contributed by atoms with van der Waals surface area (Å²) in [6.45, 7) is 2.12. The molecule has 1 N–H and O–H groups in total. The van der Waals surface area contributed by atoms with Gasteiger partial charge in [-0.2, -0.15) is 0 Å². The van der Waals surface area contributed by atoms with Crippen molar-refractivity contribution in [2.24, 2.45) is 0 Å². The summed E-state index contributed by atoms with van der Waals surface area (Å²) in [7, 11) is 0. The molecule has 0 radical (unpaired) electrons. The van der Waals surface area contributed by atoms with Crippen molar-refractivity contribution >= 4 is 58.1 Å². The third kappa shape index (κ3) is 5.46. The molecule has 0 unspecified atom stereocenters. The standard InChI is InChI=1S/C12H13ClN4OS3/c1-2-6-19-11-16-17-12(21-11)20-7-9(18)15-8-4-3-5-14-10(8)13/h3-5H,2,6-7H2,1H3,(H,15,18). The number of hydrogen-bond acceptors (Lipinski definition) is 7. The molecule has 1 amide bonds. The second-order valence-electron chi connectivity index (χ2n) is 3.86. The first-order chi connectivity index (χ1) is 10.2. The van der Waals surface area contributed by atoms with Crippen molar-refractivity contribution in [1.82, 2.24) is 15.2 Å². The Morgan fingerprint density at radius 1 is 1.38 bits per heavy atom. The lowest BCUT2D eigenvalue weighted by atomic mass is 10.4. The van der Waals surface area contributed by atoms with Gasteiger partial charge < -0.3 is 5.32 Å². The Labute approximate surface area is 140 Å². The second-order valence-corrected chi connectivity index (χ2v) is 7.76. The van der Waals surface area contributed by atoms with Crippen molar-refractivity contribution < 1.29 is 4.79 Å². The van der Waals surface area contributed by atoms with Crippen LogP contribution in [0.25, 0.3) is 0 Å². The van der Waals surface area contributed by atoms with E-state index in [-0.39, 0.29) is 16.8 Å². The molecular weight excluding hydrogens is 348 g/mol. The third-order valence-corrected chi connectivity index (χ3v) is 5.87. The zero-order valence-corrected chi connectivity index (χ0v) is 14.4. The van der Waals surface area contributed by atoms with E-state index in [0.717, 1.165) is 20.9 Å². The number of amides is 1. The van der Waals surface area contributed by atoms with Crippen molar-refractivity contribution in [3.05, 3.63) is 23.5 Å². The predicted molar refractivity (Wildman–Crippen MR) is 89.5 cm³/mol. The normalized spacial score (nSPS) is 10.6. The van der Waals surface area contributed by atoms with Crippen molar-refractivity contribution in [2.45, 2.75) is 22.0 Å². The fraction of sp³-hybridized carbons (Fsp3) is 0.333. The summed E-state index contributed by atoms with van der Waals surface area (Å²) in [5, 5.41) is 11.1. The number of thioether (sulfide) groups is 2. The van der Waals surface area contributed by atoms with Gasteiger partial charge in [0, 0.05) is 11.9 Å². The Hall–Kier alpha value is -0.830. The first-order valence-electron chi connectivity index (χ1n) is 6.18. The molecule has 0 saturated heterocycles. The minimum absolute atomic E-state index is 0.145. The minimum atomic E-state index is -0.145. The van der Waals surface area contributed by atoms with Gasteiger partial charge >= 0.3 is 0 Å². The smallest absolute Gasteiger partial charge is 0.234 e. The molecule has 9 heteroatoms. The molecule has 0 aliphatic heterocycles. The van der Waals surface area contributed by atoms with Crippen molar-refractivity contribution in [3.63, 3.8) is 0 Å². The lowest BCUT2D eigenvalue weighted by Gasteiger charge is -2.04. The average molecular weight is 361 g/mol. The Bertz CT molecular complexity index is 608. The molecule has 112 valence electrons. The number of carbonyl (C=O) groups is 1. The second kappa shape index (κ2) is 8.57. The molecule has 2 aromatic heterocycles. The van der Waals surface area contributed by atoms with Gasteiger partial charge in [0.1, 0.15) is 0 Å². The number of pyridine rings is 1. The maximum Gasteiger partial charge on any atom is 0.234 e. The SMILES string of the molecule is CCCSc1nnc(SCC(=O)Nc2cccnc2Cl)s1. The number of halogens is 1. The van der Waals surface area contributed by atoms with Gasteiger partial charge in [-0.1, -0.05) is 53.4 Å². The number of anilines is 1. The zero-order chi connectivity index (χ0) is 15.1. The first-order valence-corrected chi connectivity index (χ1v) is 9.35. The van der Waals surface area contributed by atoms with Crippen LogP contribution in [0.4, 0.5) is 5.69 Å². The fourth-order valence-corrected chi connectivity index (χ4v) is 4.21. The topological polar surface area (TPSA) is 67.8 Å². The highest BCUT2D eigenvalue weighted by Gasteiger charge is 2.10. The van der Waals surface area contributed by atoms with E-state index >= 15 is 0 Å². The third-order valence-electron chi connectivity index (χ3n) is 2.18. The zero-order valence-electron chi connectivity index (χ0n) is 11.2. The van der Waals surface area contributed by atoms with Gasteiger partial charge in [0.15, 0.2) is 13.8 Å². The van der Waals surface area contributed by atoms with Crippen LogP contribution in [-0.4, -0.2) is 32.6 Å². The summed E-state index contributed by atoms with van der Waals surface area (Å²) < 4.78 is 1.73. The number of aromatic nitrogens is 3. The highest BCUT2D eigenvalue weighted by Crippen LogP contribution is 2.29. The molecule has 0 aliphatic rings. The number of rotatable bonds is 7. The molecule has 0 bridgehead atoms. The van der Waals surface area contributed by atoms with E-state index in [4.69, 9.17) is 11.6 Å². The molecule has 0 atom stereocenters. The van der Waals surface area contributed by atoms with Crippen LogP contribution in [0.1, 0.15) is 13.3 Å². The highest BCUT2D eigenvalue weighted by molar-refractivity contribution is 8.03. The van der Waals surface area contributed by atoms with Gasteiger partial charge in [-0.3, -0.25) is 4.79 Å². The number of carbonyl (C=O) groups excluding carboxylic acids is 1. The summed E-state index contributed by atoms with van der Waals surface area (Å²) >= 11 is 10.4. The van der Waals surface area contributed by atoms with Crippen molar-refractivity contribution in [2.75, 3.05) is 16.8 Å². The van der Waals surface area contributed by atoms with Crippen LogP contribution in [0, 0.1) is 0 Å². The summed E-state index contributed by atoms with van der Waals surface area (Å²) in [5.41, 5.74) is 0.515. The van der Waals surface area contributed by atoms with E-state index in [1.165, 1.54) is 23.1 Å². The van der Waals surface area contributed by atoms with Crippen molar-refractivity contribution in [1.29, 1.82) is 0 Å². The lowest BCUT2D eigenvalue weighted by Crippen LogP contribution is -2.14. The molecular formula is C12H13ClN4OS3. The summed E-state index contributed by atoms with van der Waals surface area (Å²) in [6.07, 6.45) is 2.67. The van der Waals surface area contributed by atoms with Gasteiger partial charge in [0.2, 0.25) is 5.91 Å². The van der Waals surface area contributed by atoms with Crippen LogP contribution < -0.4 is 5.32 Å². The molecule has 2 aromatic rings. The molecule has 0 spiro atoms. The Morgan fingerprint density at radius 3 is 2.86 bits per heavy atom. The number of nitrogens with zero attached hydrogens (tertiary/aromatic N) is 3. The van der Waals surface area contributed by atoms with Crippen LogP contribution in [0.2, 0.25) is 5.15 Å². The number of nitrogens with one attached hydrogen (secondary N) is 1. The van der Waals surface area contributed by atoms with Gasteiger partial charge in [0.25, 0.3) is 0 Å². The van der Waals surface area contributed by atoms with Crippen LogP contribution in [0.5, 0.6) is 0 Å². The Kier molecular flexibility index (Phi) is 6.75. The molecule has 2 rings (SSSR count). The van der Waals surface area contributed by atoms with Crippen LogP contribution in [0.15, 0.2) is 27.0 Å². The monoisotopic (exact) mass is 360 g/mol. The Morgan fingerprint density at radius 2 is 2.14 bits per heavy atom. The molecule has 0 aromatic carbocycles. The van der Waals surface area contributed by atoms with E-state index in [1.807, 2.05) is 0 Å². The summed E-state index contributed by atoms with van der Waals surface area (Å²) in [6, 6.07) is 3.43. The van der Waals surface area contributed by atoms with E-state index < -0.39 is 0 Å².